The molecule has 0 fully saturated rings. The molecular weight excluding hydrogens is 252 g/mol. The fraction of sp³-hybridized carbons (Fsp3) is 0.562. The first-order valence-corrected chi connectivity index (χ1v) is 7.41. The highest BCUT2D eigenvalue weighted by atomic mass is 16.3. The van der Waals surface area contributed by atoms with Crippen LogP contribution in [0.2, 0.25) is 0 Å². The topological polar surface area (TPSA) is 66.6 Å². The molecule has 20 heavy (non-hydrogen) atoms. The van der Waals surface area contributed by atoms with E-state index in [0.717, 1.165) is 18.4 Å². The summed E-state index contributed by atoms with van der Waals surface area (Å²) in [5.74, 6) is 0.0356. The number of nitrogen functional groups attached to an aromatic ring is 1. The van der Waals surface area contributed by atoms with E-state index in [2.05, 4.69) is 6.92 Å². The third kappa shape index (κ3) is 5.61. The average Bonchev–Trinajstić information content (AvgIpc) is 2.44. The second-order valence-electron chi connectivity index (χ2n) is 5.04. The first-order chi connectivity index (χ1) is 9.69. The molecule has 0 bridgehead atoms. The molecule has 1 amide bonds. The lowest BCUT2D eigenvalue weighted by molar-refractivity contribution is -0.131. The number of hydrogen-bond acceptors (Lipinski definition) is 3. The SMILES string of the molecule is CCCCCCN(CCO)C(=O)Cc1ccccc1N. The Kier molecular flexibility index (Phi) is 7.73. The number of nitrogens with zero attached hydrogens (tertiary/aromatic N) is 1. The average molecular weight is 278 g/mol. The second kappa shape index (κ2) is 9.37. The minimum atomic E-state index is 0.00376. The van der Waals surface area contributed by atoms with Gasteiger partial charge in [0.1, 0.15) is 0 Å². The zero-order valence-corrected chi connectivity index (χ0v) is 12.3. The Labute approximate surface area is 121 Å². The number of rotatable bonds is 9. The summed E-state index contributed by atoms with van der Waals surface area (Å²) in [6.07, 6.45) is 4.78. The van der Waals surface area contributed by atoms with Crippen molar-refractivity contribution in [2.45, 2.75) is 39.0 Å². The Hall–Kier alpha value is -1.55. The minimum absolute atomic E-state index is 0.00376. The van der Waals surface area contributed by atoms with Gasteiger partial charge in [0, 0.05) is 18.8 Å². The van der Waals surface area contributed by atoms with Crippen molar-refractivity contribution >= 4 is 11.6 Å². The van der Waals surface area contributed by atoms with Gasteiger partial charge in [-0.3, -0.25) is 4.79 Å². The number of amides is 1. The molecular formula is C16H26N2O2. The van der Waals surface area contributed by atoms with Crippen LogP contribution in [-0.2, 0) is 11.2 Å². The first kappa shape index (κ1) is 16.5. The minimum Gasteiger partial charge on any atom is -0.398 e. The number of nitrogens with two attached hydrogens (primary N) is 1. The Morgan fingerprint density at radius 1 is 1.20 bits per heavy atom. The largest absolute Gasteiger partial charge is 0.398 e. The van der Waals surface area contributed by atoms with Crippen molar-refractivity contribution in [1.29, 1.82) is 0 Å². The molecule has 0 spiro atoms. The van der Waals surface area contributed by atoms with Crippen molar-refractivity contribution in [2.24, 2.45) is 0 Å². The van der Waals surface area contributed by atoms with Gasteiger partial charge in [0.25, 0.3) is 0 Å². The molecule has 1 aromatic rings. The van der Waals surface area contributed by atoms with E-state index in [1.165, 1.54) is 12.8 Å². The van der Waals surface area contributed by atoms with Crippen molar-refractivity contribution in [3.05, 3.63) is 29.8 Å². The second-order valence-corrected chi connectivity index (χ2v) is 5.04. The number of carbonyl (C=O) groups is 1. The van der Waals surface area contributed by atoms with Crippen LogP contribution in [0.1, 0.15) is 38.2 Å². The van der Waals surface area contributed by atoms with Gasteiger partial charge >= 0.3 is 0 Å². The van der Waals surface area contributed by atoms with E-state index in [-0.39, 0.29) is 12.5 Å². The fourth-order valence-electron chi connectivity index (χ4n) is 2.18. The van der Waals surface area contributed by atoms with Crippen LogP contribution in [0.25, 0.3) is 0 Å². The number of unbranched alkanes of at least 4 members (excludes halogenated alkanes) is 3. The molecule has 4 nitrogen and oxygen atoms in total. The maximum absolute atomic E-state index is 12.3. The predicted molar refractivity (Wildman–Crippen MR) is 82.4 cm³/mol. The summed E-state index contributed by atoms with van der Waals surface area (Å²) in [4.78, 5) is 14.0. The molecule has 0 aromatic heterocycles. The molecule has 0 radical (unpaired) electrons. The highest BCUT2D eigenvalue weighted by molar-refractivity contribution is 5.80. The smallest absolute Gasteiger partial charge is 0.227 e. The highest BCUT2D eigenvalue weighted by Crippen LogP contribution is 2.13. The van der Waals surface area contributed by atoms with Crippen LogP contribution in [0.15, 0.2) is 24.3 Å². The quantitative estimate of drug-likeness (QED) is 0.537. The summed E-state index contributed by atoms with van der Waals surface area (Å²) in [6.45, 7) is 3.28. The number of para-hydroxylation sites is 1. The molecule has 0 unspecified atom stereocenters. The monoisotopic (exact) mass is 278 g/mol. The Morgan fingerprint density at radius 3 is 2.60 bits per heavy atom. The zero-order valence-electron chi connectivity index (χ0n) is 12.3. The molecule has 4 heteroatoms. The summed E-state index contributed by atoms with van der Waals surface area (Å²) in [7, 11) is 0. The number of carbonyl (C=O) groups excluding carboxylic acids is 1. The van der Waals surface area contributed by atoms with E-state index >= 15 is 0 Å². The lowest BCUT2D eigenvalue weighted by Crippen LogP contribution is -2.35. The number of aliphatic hydroxyl groups is 1. The lowest BCUT2D eigenvalue weighted by atomic mass is 10.1. The summed E-state index contributed by atoms with van der Waals surface area (Å²) in [5.41, 5.74) is 7.37. The van der Waals surface area contributed by atoms with E-state index < -0.39 is 0 Å². The summed E-state index contributed by atoms with van der Waals surface area (Å²) >= 11 is 0. The third-order valence-corrected chi connectivity index (χ3v) is 3.40. The number of anilines is 1. The van der Waals surface area contributed by atoms with Crippen LogP contribution in [0.4, 0.5) is 5.69 Å². The summed E-state index contributed by atoms with van der Waals surface area (Å²) in [5, 5.41) is 9.09. The molecule has 0 heterocycles. The molecule has 0 aliphatic rings. The molecule has 112 valence electrons. The molecule has 0 aliphatic heterocycles. The van der Waals surface area contributed by atoms with E-state index in [1.54, 1.807) is 11.0 Å². The van der Waals surface area contributed by atoms with Crippen LogP contribution in [-0.4, -0.2) is 35.6 Å². The van der Waals surface area contributed by atoms with Crippen molar-refractivity contribution in [2.75, 3.05) is 25.4 Å². The summed E-state index contributed by atoms with van der Waals surface area (Å²) < 4.78 is 0. The Morgan fingerprint density at radius 2 is 1.95 bits per heavy atom. The molecule has 0 saturated heterocycles. The van der Waals surface area contributed by atoms with Gasteiger partial charge in [0.2, 0.25) is 5.91 Å². The van der Waals surface area contributed by atoms with Gasteiger partial charge in [-0.2, -0.15) is 0 Å². The predicted octanol–water partition coefficient (Wildman–Crippen LogP) is 2.21. The molecule has 0 saturated carbocycles. The standard InChI is InChI=1S/C16H26N2O2/c1-2-3-4-7-10-18(11-12-19)16(20)13-14-8-5-6-9-15(14)17/h5-6,8-9,19H,2-4,7,10-13,17H2,1H3. The Bertz CT molecular complexity index is 407. The maximum Gasteiger partial charge on any atom is 0.227 e. The molecule has 3 N–H and O–H groups in total. The van der Waals surface area contributed by atoms with Crippen LogP contribution >= 0.6 is 0 Å². The first-order valence-electron chi connectivity index (χ1n) is 7.41. The van der Waals surface area contributed by atoms with Gasteiger partial charge in [0.05, 0.1) is 13.0 Å². The van der Waals surface area contributed by atoms with Crippen molar-refractivity contribution in [3.63, 3.8) is 0 Å². The van der Waals surface area contributed by atoms with Gasteiger partial charge < -0.3 is 15.7 Å². The van der Waals surface area contributed by atoms with E-state index in [1.807, 2.05) is 18.2 Å². The maximum atomic E-state index is 12.3. The zero-order chi connectivity index (χ0) is 14.8. The van der Waals surface area contributed by atoms with Gasteiger partial charge in [0.15, 0.2) is 0 Å². The van der Waals surface area contributed by atoms with Gasteiger partial charge in [-0.15, -0.1) is 0 Å². The molecule has 0 aliphatic carbocycles. The number of hydrogen-bond donors (Lipinski definition) is 2. The lowest BCUT2D eigenvalue weighted by Gasteiger charge is -2.22. The molecule has 1 rings (SSSR count). The molecule has 0 atom stereocenters. The van der Waals surface area contributed by atoms with Gasteiger partial charge in [-0.05, 0) is 18.1 Å². The number of aliphatic hydroxyl groups excluding tert-OH is 1. The van der Waals surface area contributed by atoms with Crippen LogP contribution < -0.4 is 5.73 Å². The van der Waals surface area contributed by atoms with E-state index in [0.29, 0.717) is 25.2 Å². The van der Waals surface area contributed by atoms with E-state index in [9.17, 15) is 4.79 Å². The van der Waals surface area contributed by atoms with E-state index in [4.69, 9.17) is 10.8 Å². The van der Waals surface area contributed by atoms with Crippen molar-refractivity contribution in [3.8, 4) is 0 Å². The molecule has 1 aromatic carbocycles. The Balaban J connectivity index is 2.53. The van der Waals surface area contributed by atoms with Gasteiger partial charge in [-0.1, -0.05) is 44.4 Å². The summed E-state index contributed by atoms with van der Waals surface area (Å²) in [6, 6.07) is 7.43. The van der Waals surface area contributed by atoms with Crippen LogP contribution in [0.5, 0.6) is 0 Å². The van der Waals surface area contributed by atoms with Gasteiger partial charge in [-0.25, -0.2) is 0 Å². The normalized spacial score (nSPS) is 10.5. The number of benzene rings is 1. The fourth-order valence-corrected chi connectivity index (χ4v) is 2.18. The van der Waals surface area contributed by atoms with Crippen molar-refractivity contribution in [1.82, 2.24) is 4.90 Å². The van der Waals surface area contributed by atoms with Crippen molar-refractivity contribution < 1.29 is 9.90 Å². The van der Waals surface area contributed by atoms with Crippen LogP contribution in [0, 0.1) is 0 Å². The van der Waals surface area contributed by atoms with Crippen LogP contribution in [0.3, 0.4) is 0 Å². The highest BCUT2D eigenvalue weighted by Gasteiger charge is 2.14. The third-order valence-electron chi connectivity index (χ3n) is 3.40.